The number of phenolic OH excluding ortho intramolecular Hbond substituents is 1. The predicted octanol–water partition coefficient (Wildman–Crippen LogP) is 0.609. The van der Waals surface area contributed by atoms with E-state index in [0.717, 1.165) is 0 Å². The Morgan fingerprint density at radius 1 is 1.36 bits per heavy atom. The maximum absolute atomic E-state index is 12.8. The highest BCUT2D eigenvalue weighted by molar-refractivity contribution is 5.76. The van der Waals surface area contributed by atoms with Crippen LogP contribution in [0.25, 0.3) is 0 Å². The molecular formula is C18H26N2O5. The van der Waals surface area contributed by atoms with Crippen LogP contribution in [-0.4, -0.2) is 45.3 Å². The molecular weight excluding hydrogens is 324 g/mol. The van der Waals surface area contributed by atoms with Crippen molar-refractivity contribution in [2.45, 2.75) is 57.1 Å². The standard InChI is InChI=1S/C18H26N2O5/c1-9(2)25-17(23)15-13(10-5-4-6-11(21)7-10)14-12(8-18(15,3)24)19-20-16(14)22/h4-7,9,12-16,19-22,24H,8H2,1-3H3. The number of aliphatic hydroxyl groups is 2. The first-order valence-electron chi connectivity index (χ1n) is 8.61. The molecule has 2 aliphatic rings. The van der Waals surface area contributed by atoms with Crippen LogP contribution >= 0.6 is 0 Å². The third kappa shape index (κ3) is 3.37. The van der Waals surface area contributed by atoms with Crippen molar-refractivity contribution in [2.24, 2.45) is 11.8 Å². The van der Waals surface area contributed by atoms with E-state index < -0.39 is 29.6 Å². The van der Waals surface area contributed by atoms with Crippen molar-refractivity contribution in [1.29, 1.82) is 0 Å². The molecule has 0 aromatic heterocycles. The van der Waals surface area contributed by atoms with Crippen molar-refractivity contribution in [1.82, 2.24) is 10.9 Å². The third-order valence-corrected chi connectivity index (χ3v) is 5.18. The lowest BCUT2D eigenvalue weighted by atomic mass is 9.60. The van der Waals surface area contributed by atoms with Crippen molar-refractivity contribution in [2.75, 3.05) is 0 Å². The Kier molecular flexibility index (Phi) is 4.76. The first-order chi connectivity index (χ1) is 11.7. The van der Waals surface area contributed by atoms with Crippen LogP contribution in [0.5, 0.6) is 5.75 Å². The van der Waals surface area contributed by atoms with E-state index in [1.807, 2.05) is 0 Å². The van der Waals surface area contributed by atoms with Gasteiger partial charge in [-0.05, 0) is 44.9 Å². The number of esters is 1. The van der Waals surface area contributed by atoms with E-state index in [4.69, 9.17) is 4.74 Å². The molecule has 1 saturated carbocycles. The highest BCUT2D eigenvalue weighted by Gasteiger charge is 2.58. The molecule has 0 bridgehead atoms. The van der Waals surface area contributed by atoms with Crippen molar-refractivity contribution in [3.8, 4) is 5.75 Å². The molecule has 0 amide bonds. The minimum Gasteiger partial charge on any atom is -0.508 e. The van der Waals surface area contributed by atoms with E-state index in [1.165, 1.54) is 0 Å². The van der Waals surface area contributed by atoms with Crippen LogP contribution in [-0.2, 0) is 9.53 Å². The minimum atomic E-state index is -1.32. The van der Waals surface area contributed by atoms with Gasteiger partial charge in [0.2, 0.25) is 0 Å². The van der Waals surface area contributed by atoms with Gasteiger partial charge in [0, 0.05) is 17.9 Å². The average molecular weight is 350 g/mol. The van der Waals surface area contributed by atoms with Crippen LogP contribution in [0.1, 0.15) is 38.7 Å². The Morgan fingerprint density at radius 2 is 2.08 bits per heavy atom. The van der Waals surface area contributed by atoms with Crippen LogP contribution < -0.4 is 10.9 Å². The Bertz CT molecular complexity index is 648. The van der Waals surface area contributed by atoms with Gasteiger partial charge in [-0.3, -0.25) is 10.2 Å². The molecule has 25 heavy (non-hydrogen) atoms. The van der Waals surface area contributed by atoms with Gasteiger partial charge in [0.15, 0.2) is 0 Å². The molecule has 1 saturated heterocycles. The summed E-state index contributed by atoms with van der Waals surface area (Å²) in [5.41, 5.74) is 5.17. The first kappa shape index (κ1) is 18.1. The Hall–Kier alpha value is -1.67. The number of benzene rings is 1. The number of aromatic hydroxyl groups is 1. The summed E-state index contributed by atoms with van der Waals surface area (Å²) < 4.78 is 5.41. The Morgan fingerprint density at radius 3 is 2.72 bits per heavy atom. The number of nitrogens with one attached hydrogen (secondary N) is 2. The average Bonchev–Trinajstić information content (AvgIpc) is 2.84. The number of carbonyl (C=O) groups excluding carboxylic acids is 1. The second-order valence-electron chi connectivity index (χ2n) is 7.56. The molecule has 1 aliphatic heterocycles. The zero-order valence-electron chi connectivity index (χ0n) is 14.6. The number of aliphatic hydroxyl groups excluding tert-OH is 1. The number of hydrazine groups is 1. The summed E-state index contributed by atoms with van der Waals surface area (Å²) in [6.07, 6.45) is -0.882. The number of phenols is 1. The van der Waals surface area contributed by atoms with Crippen LogP contribution in [0.2, 0.25) is 0 Å². The van der Waals surface area contributed by atoms with E-state index in [2.05, 4.69) is 10.9 Å². The van der Waals surface area contributed by atoms with E-state index in [0.29, 0.717) is 12.0 Å². The molecule has 1 heterocycles. The molecule has 1 aromatic rings. The zero-order chi connectivity index (χ0) is 18.4. The van der Waals surface area contributed by atoms with Gasteiger partial charge >= 0.3 is 5.97 Å². The first-order valence-corrected chi connectivity index (χ1v) is 8.61. The molecule has 1 aliphatic carbocycles. The molecule has 6 atom stereocenters. The summed E-state index contributed by atoms with van der Waals surface area (Å²) in [7, 11) is 0. The summed E-state index contributed by atoms with van der Waals surface area (Å²) in [4.78, 5) is 12.8. The fourth-order valence-corrected chi connectivity index (χ4v) is 4.27. The molecule has 6 unspecified atom stereocenters. The minimum absolute atomic E-state index is 0.0728. The van der Waals surface area contributed by atoms with Crippen molar-refractivity contribution < 1.29 is 24.9 Å². The van der Waals surface area contributed by atoms with Gasteiger partial charge in [-0.1, -0.05) is 12.1 Å². The molecule has 7 heteroatoms. The molecule has 0 spiro atoms. The molecule has 1 aromatic carbocycles. The number of fused-ring (bicyclic) bond motifs is 1. The number of hydrogen-bond donors (Lipinski definition) is 5. The molecule has 2 fully saturated rings. The summed E-state index contributed by atoms with van der Waals surface area (Å²) in [6, 6.07) is 6.40. The molecule has 3 rings (SSSR count). The maximum atomic E-state index is 12.8. The van der Waals surface area contributed by atoms with Crippen LogP contribution in [0.3, 0.4) is 0 Å². The monoisotopic (exact) mass is 350 g/mol. The topological polar surface area (TPSA) is 111 Å². The van der Waals surface area contributed by atoms with Gasteiger partial charge in [0.1, 0.15) is 12.0 Å². The summed E-state index contributed by atoms with van der Waals surface area (Å²) in [6.45, 7) is 5.14. The van der Waals surface area contributed by atoms with Crippen molar-refractivity contribution >= 4 is 5.97 Å². The molecule has 0 radical (unpaired) electrons. The number of hydrogen-bond acceptors (Lipinski definition) is 7. The van der Waals surface area contributed by atoms with Gasteiger partial charge in [-0.2, -0.15) is 0 Å². The van der Waals surface area contributed by atoms with Gasteiger partial charge < -0.3 is 20.1 Å². The van der Waals surface area contributed by atoms with Crippen molar-refractivity contribution in [3.05, 3.63) is 29.8 Å². The predicted molar refractivity (Wildman–Crippen MR) is 90.4 cm³/mol. The fourth-order valence-electron chi connectivity index (χ4n) is 4.27. The van der Waals surface area contributed by atoms with Gasteiger partial charge in [-0.15, -0.1) is 0 Å². The van der Waals surface area contributed by atoms with Crippen LogP contribution in [0.15, 0.2) is 24.3 Å². The second kappa shape index (κ2) is 6.57. The maximum Gasteiger partial charge on any atom is 0.312 e. The number of carbonyl (C=O) groups is 1. The highest BCUT2D eigenvalue weighted by atomic mass is 16.5. The Labute approximate surface area is 147 Å². The van der Waals surface area contributed by atoms with Gasteiger partial charge in [-0.25, -0.2) is 5.43 Å². The van der Waals surface area contributed by atoms with E-state index >= 15 is 0 Å². The lowest BCUT2D eigenvalue weighted by molar-refractivity contribution is -0.171. The van der Waals surface area contributed by atoms with E-state index in [1.54, 1.807) is 45.0 Å². The largest absolute Gasteiger partial charge is 0.508 e. The molecule has 7 nitrogen and oxygen atoms in total. The molecule has 138 valence electrons. The van der Waals surface area contributed by atoms with Crippen LogP contribution in [0.4, 0.5) is 0 Å². The molecule has 5 N–H and O–H groups in total. The number of rotatable bonds is 3. The lowest BCUT2D eigenvalue weighted by Crippen LogP contribution is -2.56. The summed E-state index contributed by atoms with van der Waals surface area (Å²) >= 11 is 0. The van der Waals surface area contributed by atoms with Gasteiger partial charge in [0.05, 0.1) is 17.6 Å². The summed E-state index contributed by atoms with van der Waals surface area (Å²) in [5.74, 6) is -2.12. The van der Waals surface area contributed by atoms with E-state index in [-0.39, 0.29) is 23.8 Å². The van der Waals surface area contributed by atoms with Crippen LogP contribution in [0, 0.1) is 11.8 Å². The lowest BCUT2D eigenvalue weighted by Gasteiger charge is -2.47. The SMILES string of the molecule is CC(C)OC(=O)C1C(c2cccc(O)c2)C2C(O)NNC2CC1(C)O. The normalized spacial score (nSPS) is 37.8. The zero-order valence-corrected chi connectivity index (χ0v) is 14.6. The highest BCUT2D eigenvalue weighted by Crippen LogP contribution is 2.50. The fraction of sp³-hybridized carbons (Fsp3) is 0.611. The quantitative estimate of drug-likeness (QED) is 0.508. The van der Waals surface area contributed by atoms with E-state index in [9.17, 15) is 20.1 Å². The second-order valence-corrected chi connectivity index (χ2v) is 7.56. The third-order valence-electron chi connectivity index (χ3n) is 5.18. The van der Waals surface area contributed by atoms with Crippen molar-refractivity contribution in [3.63, 3.8) is 0 Å². The number of ether oxygens (including phenoxy) is 1. The summed E-state index contributed by atoms with van der Waals surface area (Å²) in [5, 5.41) is 31.3. The smallest absolute Gasteiger partial charge is 0.312 e. The Balaban J connectivity index is 2.08. The van der Waals surface area contributed by atoms with Gasteiger partial charge in [0.25, 0.3) is 0 Å².